The second kappa shape index (κ2) is 6.20. The van der Waals surface area contributed by atoms with Gasteiger partial charge in [0.25, 0.3) is 0 Å². The number of hydrogen-bond donors (Lipinski definition) is 1. The molecule has 94 valence electrons. The van der Waals surface area contributed by atoms with E-state index in [0.29, 0.717) is 0 Å². The highest BCUT2D eigenvalue weighted by Crippen LogP contribution is 2.19. The monoisotopic (exact) mass is 231 g/mol. The molecule has 1 saturated carbocycles. The van der Waals surface area contributed by atoms with E-state index in [-0.39, 0.29) is 0 Å². The molecule has 0 heterocycles. The number of benzene rings is 1. The molecule has 0 bridgehead atoms. The van der Waals surface area contributed by atoms with Crippen LogP contribution in [0, 0.1) is 13.8 Å². The standard InChI is InChI=1S/C16H25N/c1-13-8-7-9-14(2)16(13)12-17-15-10-5-3-4-6-11-15/h7-9,15,17H,3-6,10-12H2,1-2H3. The van der Waals surface area contributed by atoms with E-state index >= 15 is 0 Å². The van der Waals surface area contributed by atoms with E-state index in [1.807, 2.05) is 0 Å². The maximum absolute atomic E-state index is 3.76. The fourth-order valence-electron chi connectivity index (χ4n) is 2.86. The van der Waals surface area contributed by atoms with E-state index in [1.54, 1.807) is 0 Å². The van der Waals surface area contributed by atoms with Crippen molar-refractivity contribution in [3.05, 3.63) is 34.9 Å². The molecule has 0 aromatic heterocycles. The van der Waals surface area contributed by atoms with Crippen molar-refractivity contribution in [2.45, 2.75) is 65.0 Å². The Hall–Kier alpha value is -0.820. The zero-order valence-electron chi connectivity index (χ0n) is 11.3. The van der Waals surface area contributed by atoms with E-state index in [0.717, 1.165) is 12.6 Å². The number of hydrogen-bond acceptors (Lipinski definition) is 1. The van der Waals surface area contributed by atoms with Crippen LogP contribution in [0.2, 0.25) is 0 Å². The van der Waals surface area contributed by atoms with Crippen molar-refractivity contribution >= 4 is 0 Å². The Labute approximate surface area is 106 Å². The van der Waals surface area contributed by atoms with E-state index in [4.69, 9.17) is 0 Å². The van der Waals surface area contributed by atoms with Gasteiger partial charge in [-0.2, -0.15) is 0 Å². The van der Waals surface area contributed by atoms with Crippen molar-refractivity contribution in [3.8, 4) is 0 Å². The van der Waals surface area contributed by atoms with Crippen LogP contribution in [0.3, 0.4) is 0 Å². The van der Waals surface area contributed by atoms with Crippen LogP contribution in [0.15, 0.2) is 18.2 Å². The van der Waals surface area contributed by atoms with E-state index in [9.17, 15) is 0 Å². The highest BCUT2D eigenvalue weighted by Gasteiger charge is 2.12. The molecule has 1 nitrogen and oxygen atoms in total. The van der Waals surface area contributed by atoms with Crippen LogP contribution in [-0.4, -0.2) is 6.04 Å². The Morgan fingerprint density at radius 1 is 1.00 bits per heavy atom. The van der Waals surface area contributed by atoms with Gasteiger partial charge in [-0.05, 0) is 43.4 Å². The van der Waals surface area contributed by atoms with Crippen molar-refractivity contribution in [2.75, 3.05) is 0 Å². The van der Waals surface area contributed by atoms with Gasteiger partial charge in [-0.15, -0.1) is 0 Å². The second-order valence-electron chi connectivity index (χ2n) is 5.44. The summed E-state index contributed by atoms with van der Waals surface area (Å²) in [5.74, 6) is 0. The molecule has 0 radical (unpaired) electrons. The Morgan fingerprint density at radius 2 is 1.59 bits per heavy atom. The van der Waals surface area contributed by atoms with Gasteiger partial charge < -0.3 is 5.32 Å². The summed E-state index contributed by atoms with van der Waals surface area (Å²) in [6, 6.07) is 7.34. The average molecular weight is 231 g/mol. The molecule has 0 aliphatic heterocycles. The molecule has 1 N–H and O–H groups in total. The smallest absolute Gasteiger partial charge is 0.0213 e. The predicted octanol–water partition coefficient (Wildman–Crippen LogP) is 4.12. The zero-order valence-corrected chi connectivity index (χ0v) is 11.3. The van der Waals surface area contributed by atoms with Gasteiger partial charge in [0.2, 0.25) is 0 Å². The summed E-state index contributed by atoms with van der Waals surface area (Å²) < 4.78 is 0. The quantitative estimate of drug-likeness (QED) is 0.772. The Morgan fingerprint density at radius 3 is 2.18 bits per heavy atom. The molecule has 1 heteroatoms. The van der Waals surface area contributed by atoms with Gasteiger partial charge >= 0.3 is 0 Å². The molecule has 1 aromatic rings. The molecular formula is C16H25N. The summed E-state index contributed by atoms with van der Waals surface area (Å²) in [7, 11) is 0. The molecule has 17 heavy (non-hydrogen) atoms. The molecule has 1 aromatic carbocycles. The van der Waals surface area contributed by atoms with Gasteiger partial charge in [-0.1, -0.05) is 43.9 Å². The van der Waals surface area contributed by atoms with Crippen LogP contribution in [0.25, 0.3) is 0 Å². The lowest BCUT2D eigenvalue weighted by atomic mass is 10.0. The maximum atomic E-state index is 3.76. The van der Waals surface area contributed by atoms with Crippen LogP contribution >= 0.6 is 0 Å². The SMILES string of the molecule is Cc1cccc(C)c1CNC1CCCCCC1. The van der Waals surface area contributed by atoms with Crippen LogP contribution in [-0.2, 0) is 6.54 Å². The largest absolute Gasteiger partial charge is 0.310 e. The van der Waals surface area contributed by atoms with E-state index in [1.165, 1.54) is 55.2 Å². The summed E-state index contributed by atoms with van der Waals surface area (Å²) in [6.07, 6.45) is 8.41. The van der Waals surface area contributed by atoms with Gasteiger partial charge in [0, 0.05) is 12.6 Å². The molecule has 1 aliphatic rings. The first kappa shape index (κ1) is 12.6. The first-order valence-electron chi connectivity index (χ1n) is 7.06. The maximum Gasteiger partial charge on any atom is 0.0213 e. The summed E-state index contributed by atoms with van der Waals surface area (Å²) in [4.78, 5) is 0. The lowest BCUT2D eigenvalue weighted by molar-refractivity contribution is 0.458. The molecule has 0 atom stereocenters. The minimum atomic E-state index is 0.747. The van der Waals surface area contributed by atoms with Crippen molar-refractivity contribution in [2.24, 2.45) is 0 Å². The molecule has 1 fully saturated rings. The first-order chi connectivity index (χ1) is 8.27. The summed E-state index contributed by atoms with van der Waals surface area (Å²) in [6.45, 7) is 5.48. The number of rotatable bonds is 3. The highest BCUT2D eigenvalue weighted by atomic mass is 14.9. The summed E-state index contributed by atoms with van der Waals surface area (Å²) in [5, 5.41) is 3.76. The van der Waals surface area contributed by atoms with Crippen LogP contribution in [0.1, 0.15) is 55.2 Å². The fraction of sp³-hybridized carbons (Fsp3) is 0.625. The van der Waals surface area contributed by atoms with Gasteiger partial charge in [0.1, 0.15) is 0 Å². The lowest BCUT2D eigenvalue weighted by Crippen LogP contribution is -2.28. The minimum absolute atomic E-state index is 0.747. The zero-order chi connectivity index (χ0) is 12.1. The molecule has 1 aliphatic carbocycles. The van der Waals surface area contributed by atoms with Crippen molar-refractivity contribution in [3.63, 3.8) is 0 Å². The predicted molar refractivity (Wildman–Crippen MR) is 74.2 cm³/mol. The normalized spacial score (nSPS) is 18.0. The number of aryl methyl sites for hydroxylation is 2. The fourth-order valence-corrected chi connectivity index (χ4v) is 2.86. The molecule has 0 unspecified atom stereocenters. The van der Waals surface area contributed by atoms with Gasteiger partial charge in [-0.25, -0.2) is 0 Å². The van der Waals surface area contributed by atoms with Gasteiger partial charge in [0.05, 0.1) is 0 Å². The molecule has 0 spiro atoms. The molecule has 0 saturated heterocycles. The van der Waals surface area contributed by atoms with Crippen molar-refractivity contribution < 1.29 is 0 Å². The first-order valence-corrected chi connectivity index (χ1v) is 7.06. The van der Waals surface area contributed by atoms with Gasteiger partial charge in [-0.3, -0.25) is 0 Å². The topological polar surface area (TPSA) is 12.0 Å². The third kappa shape index (κ3) is 3.57. The third-order valence-corrected chi connectivity index (χ3v) is 4.07. The molecule has 2 rings (SSSR count). The van der Waals surface area contributed by atoms with Crippen LogP contribution in [0.5, 0.6) is 0 Å². The Kier molecular flexibility index (Phi) is 4.61. The Balaban J connectivity index is 1.92. The Bertz CT molecular complexity index is 328. The van der Waals surface area contributed by atoms with E-state index in [2.05, 4.69) is 37.4 Å². The van der Waals surface area contributed by atoms with Crippen LogP contribution in [0.4, 0.5) is 0 Å². The second-order valence-corrected chi connectivity index (χ2v) is 5.44. The third-order valence-electron chi connectivity index (χ3n) is 4.07. The van der Waals surface area contributed by atoms with E-state index < -0.39 is 0 Å². The number of nitrogens with one attached hydrogen (secondary N) is 1. The lowest BCUT2D eigenvalue weighted by Gasteiger charge is -2.18. The highest BCUT2D eigenvalue weighted by molar-refractivity contribution is 5.33. The van der Waals surface area contributed by atoms with Crippen molar-refractivity contribution in [1.82, 2.24) is 5.32 Å². The van der Waals surface area contributed by atoms with Gasteiger partial charge in [0.15, 0.2) is 0 Å². The summed E-state index contributed by atoms with van der Waals surface area (Å²) in [5.41, 5.74) is 4.34. The van der Waals surface area contributed by atoms with Crippen LogP contribution < -0.4 is 5.32 Å². The van der Waals surface area contributed by atoms with Crippen molar-refractivity contribution in [1.29, 1.82) is 0 Å². The molecular weight excluding hydrogens is 206 g/mol. The average Bonchev–Trinajstić information content (AvgIpc) is 2.57. The minimum Gasteiger partial charge on any atom is -0.310 e. The molecule has 0 amide bonds. The summed E-state index contributed by atoms with van der Waals surface area (Å²) >= 11 is 0.